The Hall–Kier alpha value is -0.770. The highest BCUT2D eigenvalue weighted by Gasteiger charge is 2.09. The molecule has 0 unspecified atom stereocenters. The van der Waals surface area contributed by atoms with Crippen LogP contribution < -0.4 is 10.2 Å². The number of hydrogen-bond acceptors (Lipinski definition) is 3. The van der Waals surface area contributed by atoms with E-state index < -0.39 is 0 Å². The van der Waals surface area contributed by atoms with Crippen LogP contribution >= 0.6 is 11.6 Å². The first-order valence-corrected chi connectivity index (χ1v) is 8.09. The SMILES string of the molecule is CC(C)CNCc1ccc(Cl)cc1N(C)CCOC(C)C. The maximum absolute atomic E-state index is 6.15. The largest absolute Gasteiger partial charge is 0.377 e. The summed E-state index contributed by atoms with van der Waals surface area (Å²) in [6, 6.07) is 6.09. The van der Waals surface area contributed by atoms with E-state index in [1.165, 1.54) is 11.3 Å². The molecular weight excluding hydrogens is 284 g/mol. The van der Waals surface area contributed by atoms with Crippen LogP contribution in [0, 0.1) is 5.92 Å². The van der Waals surface area contributed by atoms with Gasteiger partial charge in [0, 0.05) is 30.8 Å². The highest BCUT2D eigenvalue weighted by atomic mass is 35.5. The van der Waals surface area contributed by atoms with Crippen LogP contribution in [0.25, 0.3) is 0 Å². The second kappa shape index (κ2) is 9.29. The Labute approximate surface area is 134 Å². The van der Waals surface area contributed by atoms with Crippen LogP contribution in [0.4, 0.5) is 5.69 Å². The van der Waals surface area contributed by atoms with E-state index in [1.54, 1.807) is 0 Å². The minimum atomic E-state index is 0.268. The Balaban J connectivity index is 2.66. The molecule has 0 aromatic heterocycles. The van der Waals surface area contributed by atoms with Gasteiger partial charge in [-0.15, -0.1) is 0 Å². The van der Waals surface area contributed by atoms with Gasteiger partial charge in [0.2, 0.25) is 0 Å². The van der Waals surface area contributed by atoms with Gasteiger partial charge in [-0.2, -0.15) is 0 Å². The van der Waals surface area contributed by atoms with Crippen LogP contribution in [-0.2, 0) is 11.3 Å². The van der Waals surface area contributed by atoms with E-state index in [-0.39, 0.29) is 6.10 Å². The van der Waals surface area contributed by atoms with Gasteiger partial charge in [0.1, 0.15) is 0 Å². The minimum Gasteiger partial charge on any atom is -0.377 e. The van der Waals surface area contributed by atoms with Gasteiger partial charge in [-0.25, -0.2) is 0 Å². The third kappa shape index (κ3) is 7.16. The number of hydrogen-bond donors (Lipinski definition) is 1. The first-order valence-electron chi connectivity index (χ1n) is 7.72. The zero-order valence-electron chi connectivity index (χ0n) is 13.9. The highest BCUT2D eigenvalue weighted by molar-refractivity contribution is 6.30. The summed E-state index contributed by atoms with van der Waals surface area (Å²) in [6.07, 6.45) is 0.268. The topological polar surface area (TPSA) is 24.5 Å². The lowest BCUT2D eigenvalue weighted by molar-refractivity contribution is 0.0846. The van der Waals surface area contributed by atoms with E-state index in [1.807, 2.05) is 12.1 Å². The van der Waals surface area contributed by atoms with Crippen molar-refractivity contribution in [1.82, 2.24) is 5.32 Å². The minimum absolute atomic E-state index is 0.268. The van der Waals surface area contributed by atoms with Crippen molar-refractivity contribution in [2.75, 3.05) is 31.6 Å². The van der Waals surface area contributed by atoms with Crippen LogP contribution in [0.15, 0.2) is 18.2 Å². The molecule has 0 amide bonds. The molecule has 21 heavy (non-hydrogen) atoms. The molecular formula is C17H29ClN2O. The van der Waals surface area contributed by atoms with Crippen LogP contribution in [0.5, 0.6) is 0 Å². The number of nitrogens with one attached hydrogen (secondary N) is 1. The van der Waals surface area contributed by atoms with Gasteiger partial charge in [0.25, 0.3) is 0 Å². The lowest BCUT2D eigenvalue weighted by atomic mass is 10.1. The number of rotatable bonds is 9. The molecule has 0 saturated heterocycles. The van der Waals surface area contributed by atoms with Crippen molar-refractivity contribution in [2.45, 2.75) is 40.3 Å². The molecule has 1 N–H and O–H groups in total. The second-order valence-corrected chi connectivity index (χ2v) is 6.58. The van der Waals surface area contributed by atoms with Gasteiger partial charge < -0.3 is 15.0 Å². The Morgan fingerprint density at radius 2 is 1.95 bits per heavy atom. The number of anilines is 1. The van der Waals surface area contributed by atoms with Crippen LogP contribution in [-0.4, -0.2) is 32.8 Å². The van der Waals surface area contributed by atoms with Gasteiger partial charge in [-0.3, -0.25) is 0 Å². The summed E-state index contributed by atoms with van der Waals surface area (Å²) in [6.45, 7) is 12.0. The summed E-state index contributed by atoms with van der Waals surface area (Å²) in [7, 11) is 2.08. The average molecular weight is 313 g/mol. The fraction of sp³-hybridized carbons (Fsp3) is 0.647. The first-order chi connectivity index (χ1) is 9.90. The molecule has 1 aromatic rings. The van der Waals surface area contributed by atoms with E-state index in [0.29, 0.717) is 5.92 Å². The van der Waals surface area contributed by atoms with E-state index in [9.17, 15) is 0 Å². The summed E-state index contributed by atoms with van der Waals surface area (Å²) in [4.78, 5) is 2.21. The van der Waals surface area contributed by atoms with E-state index in [4.69, 9.17) is 16.3 Å². The molecule has 0 fully saturated rings. The molecule has 0 bridgehead atoms. The molecule has 1 rings (SSSR count). The normalized spacial score (nSPS) is 11.4. The van der Waals surface area contributed by atoms with Crippen molar-refractivity contribution in [3.63, 3.8) is 0 Å². The molecule has 0 radical (unpaired) electrons. The summed E-state index contributed by atoms with van der Waals surface area (Å²) in [5.74, 6) is 0.651. The predicted molar refractivity (Wildman–Crippen MR) is 92.4 cm³/mol. The number of ether oxygens (including phenoxy) is 1. The number of nitrogens with zero attached hydrogens (tertiary/aromatic N) is 1. The van der Waals surface area contributed by atoms with Gasteiger partial charge in [0.15, 0.2) is 0 Å². The fourth-order valence-electron chi connectivity index (χ4n) is 2.08. The smallest absolute Gasteiger partial charge is 0.0644 e. The van der Waals surface area contributed by atoms with Crippen LogP contribution in [0.1, 0.15) is 33.3 Å². The maximum atomic E-state index is 6.15. The Morgan fingerprint density at radius 3 is 2.57 bits per heavy atom. The van der Waals surface area contributed by atoms with E-state index >= 15 is 0 Å². The molecule has 3 nitrogen and oxygen atoms in total. The monoisotopic (exact) mass is 312 g/mol. The van der Waals surface area contributed by atoms with Crippen LogP contribution in [0.2, 0.25) is 5.02 Å². The summed E-state index contributed by atoms with van der Waals surface area (Å²) < 4.78 is 5.63. The Bertz CT molecular complexity index is 421. The van der Waals surface area contributed by atoms with Gasteiger partial charge >= 0.3 is 0 Å². The number of benzene rings is 1. The number of likely N-dealkylation sites (N-methyl/N-ethyl adjacent to an activating group) is 1. The number of halogens is 1. The molecule has 0 aliphatic rings. The van der Waals surface area contributed by atoms with E-state index in [0.717, 1.165) is 31.3 Å². The molecule has 0 saturated carbocycles. The summed E-state index contributed by atoms with van der Waals surface area (Å²) in [5.41, 5.74) is 2.44. The van der Waals surface area contributed by atoms with Gasteiger partial charge in [-0.1, -0.05) is 31.5 Å². The lowest BCUT2D eigenvalue weighted by Gasteiger charge is -2.23. The van der Waals surface area contributed by atoms with Gasteiger partial charge in [-0.05, 0) is 44.0 Å². The highest BCUT2D eigenvalue weighted by Crippen LogP contribution is 2.24. The molecule has 1 aromatic carbocycles. The van der Waals surface area contributed by atoms with Crippen LogP contribution in [0.3, 0.4) is 0 Å². The second-order valence-electron chi connectivity index (χ2n) is 6.14. The Kier molecular flexibility index (Phi) is 8.09. The third-order valence-electron chi connectivity index (χ3n) is 3.20. The molecule has 0 aliphatic carbocycles. The van der Waals surface area contributed by atoms with Gasteiger partial charge in [0.05, 0.1) is 12.7 Å². The molecule has 0 spiro atoms. The molecule has 0 aliphatic heterocycles. The molecule has 120 valence electrons. The summed E-state index contributed by atoms with van der Waals surface area (Å²) in [5, 5.41) is 4.26. The van der Waals surface area contributed by atoms with Crippen molar-refractivity contribution >= 4 is 17.3 Å². The van der Waals surface area contributed by atoms with Crippen molar-refractivity contribution < 1.29 is 4.74 Å². The zero-order chi connectivity index (χ0) is 15.8. The van der Waals surface area contributed by atoms with Crippen molar-refractivity contribution in [3.05, 3.63) is 28.8 Å². The average Bonchev–Trinajstić information content (AvgIpc) is 2.39. The Morgan fingerprint density at radius 1 is 1.24 bits per heavy atom. The molecule has 0 heterocycles. The predicted octanol–water partition coefficient (Wildman–Crippen LogP) is 3.95. The molecule has 0 atom stereocenters. The van der Waals surface area contributed by atoms with Crippen molar-refractivity contribution in [1.29, 1.82) is 0 Å². The zero-order valence-corrected chi connectivity index (χ0v) is 14.7. The lowest BCUT2D eigenvalue weighted by Crippen LogP contribution is -2.26. The van der Waals surface area contributed by atoms with E-state index in [2.05, 4.69) is 51.0 Å². The third-order valence-corrected chi connectivity index (χ3v) is 3.44. The van der Waals surface area contributed by atoms with Crippen molar-refractivity contribution in [3.8, 4) is 0 Å². The standard InChI is InChI=1S/C17H29ClN2O/c1-13(2)11-19-12-15-6-7-16(18)10-17(15)20(5)8-9-21-14(3)4/h6-7,10,13-14,19H,8-9,11-12H2,1-5H3. The maximum Gasteiger partial charge on any atom is 0.0644 e. The quantitative estimate of drug-likeness (QED) is 0.747. The first kappa shape index (κ1) is 18.3. The summed E-state index contributed by atoms with van der Waals surface area (Å²) >= 11 is 6.15. The molecule has 4 heteroatoms. The fourth-order valence-corrected chi connectivity index (χ4v) is 2.25. The van der Waals surface area contributed by atoms with Crippen molar-refractivity contribution in [2.24, 2.45) is 5.92 Å².